The van der Waals surface area contributed by atoms with Crippen LogP contribution >= 0.6 is 0 Å². The lowest BCUT2D eigenvalue weighted by Gasteiger charge is -1.89. The number of hydrogen-bond donors (Lipinski definition) is 2. The standard InChI is InChI=1S/C5H10N2/c1-2-4-7-5-3-6/h2-3,6-7H,1,4-5H2. The predicted octanol–water partition coefficient (Wildman–Crippen LogP) is 0.412. The van der Waals surface area contributed by atoms with Crippen molar-refractivity contribution >= 4 is 6.21 Å². The summed E-state index contributed by atoms with van der Waals surface area (Å²) in [6.45, 7) is 4.93. The molecule has 0 heterocycles. The SMILES string of the molecule is C=CCNCC=N. The van der Waals surface area contributed by atoms with Gasteiger partial charge in [0.1, 0.15) is 0 Å². The van der Waals surface area contributed by atoms with Crippen LogP contribution in [0.2, 0.25) is 0 Å². The van der Waals surface area contributed by atoms with E-state index in [0.717, 1.165) is 6.54 Å². The summed E-state index contributed by atoms with van der Waals surface area (Å²) in [4.78, 5) is 0. The summed E-state index contributed by atoms with van der Waals surface area (Å²) in [7, 11) is 0. The van der Waals surface area contributed by atoms with E-state index in [2.05, 4.69) is 11.9 Å². The van der Waals surface area contributed by atoms with Crippen LogP contribution in [0.1, 0.15) is 0 Å². The smallest absolute Gasteiger partial charge is 0.0305 e. The van der Waals surface area contributed by atoms with Crippen molar-refractivity contribution in [2.24, 2.45) is 0 Å². The first kappa shape index (κ1) is 6.37. The van der Waals surface area contributed by atoms with Gasteiger partial charge in [-0.25, -0.2) is 0 Å². The van der Waals surface area contributed by atoms with E-state index < -0.39 is 0 Å². The van der Waals surface area contributed by atoms with Gasteiger partial charge in [-0.15, -0.1) is 6.58 Å². The summed E-state index contributed by atoms with van der Waals surface area (Å²) < 4.78 is 0. The molecule has 0 radical (unpaired) electrons. The highest BCUT2D eigenvalue weighted by atomic mass is 14.8. The monoisotopic (exact) mass is 98.1 g/mol. The summed E-state index contributed by atoms with van der Waals surface area (Å²) in [6, 6.07) is 0. The fraction of sp³-hybridized carbons (Fsp3) is 0.400. The third-order valence-electron chi connectivity index (χ3n) is 0.535. The Morgan fingerprint density at radius 3 is 2.71 bits per heavy atom. The third kappa shape index (κ3) is 5.37. The van der Waals surface area contributed by atoms with E-state index in [1.165, 1.54) is 6.21 Å². The van der Waals surface area contributed by atoms with Gasteiger partial charge in [-0.05, 0) is 0 Å². The Hall–Kier alpha value is -0.630. The fourth-order valence-electron chi connectivity index (χ4n) is 0.258. The van der Waals surface area contributed by atoms with E-state index in [4.69, 9.17) is 5.41 Å². The highest BCUT2D eigenvalue weighted by molar-refractivity contribution is 5.55. The summed E-state index contributed by atoms with van der Waals surface area (Å²) in [5, 5.41) is 9.48. The van der Waals surface area contributed by atoms with Crippen molar-refractivity contribution < 1.29 is 0 Å². The lowest BCUT2D eigenvalue weighted by molar-refractivity contribution is 0.871. The molecule has 0 saturated carbocycles. The molecule has 0 rings (SSSR count). The molecule has 0 bridgehead atoms. The highest BCUT2D eigenvalue weighted by Gasteiger charge is 1.70. The minimum absolute atomic E-state index is 0.645. The van der Waals surface area contributed by atoms with Gasteiger partial charge >= 0.3 is 0 Å². The number of rotatable bonds is 4. The van der Waals surface area contributed by atoms with Crippen LogP contribution in [0.3, 0.4) is 0 Å². The van der Waals surface area contributed by atoms with E-state index in [-0.39, 0.29) is 0 Å². The number of nitrogens with one attached hydrogen (secondary N) is 2. The average Bonchev–Trinajstić information content (AvgIpc) is 1.69. The molecule has 0 aliphatic carbocycles. The molecule has 0 saturated heterocycles. The van der Waals surface area contributed by atoms with Gasteiger partial charge in [-0.2, -0.15) is 0 Å². The van der Waals surface area contributed by atoms with Crippen molar-refractivity contribution in [3.63, 3.8) is 0 Å². The lowest BCUT2D eigenvalue weighted by atomic mass is 10.6. The van der Waals surface area contributed by atoms with Crippen molar-refractivity contribution in [1.82, 2.24) is 5.32 Å². The summed E-state index contributed by atoms with van der Waals surface area (Å²) >= 11 is 0. The van der Waals surface area contributed by atoms with E-state index in [9.17, 15) is 0 Å². The van der Waals surface area contributed by atoms with Crippen molar-refractivity contribution in [1.29, 1.82) is 5.41 Å². The highest BCUT2D eigenvalue weighted by Crippen LogP contribution is 1.54. The van der Waals surface area contributed by atoms with Crippen molar-refractivity contribution in [2.45, 2.75) is 0 Å². The van der Waals surface area contributed by atoms with Gasteiger partial charge in [-0.1, -0.05) is 6.08 Å². The first-order valence-corrected chi connectivity index (χ1v) is 2.22. The molecule has 2 heteroatoms. The topological polar surface area (TPSA) is 35.9 Å². The molecular formula is C5H10N2. The fourth-order valence-corrected chi connectivity index (χ4v) is 0.258. The second-order valence-electron chi connectivity index (χ2n) is 1.15. The zero-order valence-corrected chi connectivity index (χ0v) is 4.28. The molecule has 0 aliphatic heterocycles. The molecule has 0 aromatic carbocycles. The predicted molar refractivity (Wildman–Crippen MR) is 31.9 cm³/mol. The Kier molecular flexibility index (Phi) is 4.89. The second-order valence-corrected chi connectivity index (χ2v) is 1.15. The van der Waals surface area contributed by atoms with Crippen LogP contribution in [0.25, 0.3) is 0 Å². The molecule has 0 spiro atoms. The van der Waals surface area contributed by atoms with E-state index >= 15 is 0 Å². The largest absolute Gasteiger partial charge is 0.312 e. The van der Waals surface area contributed by atoms with Gasteiger partial charge in [0, 0.05) is 19.3 Å². The Morgan fingerprint density at radius 1 is 1.57 bits per heavy atom. The summed E-state index contributed by atoms with van der Waals surface area (Å²) in [5.41, 5.74) is 0. The molecule has 0 aliphatic rings. The molecule has 7 heavy (non-hydrogen) atoms. The van der Waals surface area contributed by atoms with Gasteiger partial charge in [0.15, 0.2) is 0 Å². The molecule has 0 amide bonds. The molecular weight excluding hydrogens is 88.1 g/mol. The molecule has 0 atom stereocenters. The van der Waals surface area contributed by atoms with Gasteiger partial charge in [-0.3, -0.25) is 0 Å². The normalized spacial score (nSPS) is 8.00. The van der Waals surface area contributed by atoms with Crippen molar-refractivity contribution in [2.75, 3.05) is 13.1 Å². The van der Waals surface area contributed by atoms with Crippen LogP contribution in [0, 0.1) is 5.41 Å². The Bertz CT molecular complexity index is 51.1. The van der Waals surface area contributed by atoms with Crippen LogP contribution in [0.15, 0.2) is 12.7 Å². The summed E-state index contributed by atoms with van der Waals surface area (Å²) in [5.74, 6) is 0. The molecule has 40 valence electrons. The Labute approximate surface area is 43.7 Å². The zero-order valence-electron chi connectivity index (χ0n) is 4.28. The van der Waals surface area contributed by atoms with E-state index in [1.54, 1.807) is 6.08 Å². The van der Waals surface area contributed by atoms with Gasteiger partial charge in [0.05, 0.1) is 0 Å². The zero-order chi connectivity index (χ0) is 5.54. The molecule has 0 fully saturated rings. The van der Waals surface area contributed by atoms with Gasteiger partial charge in [0.25, 0.3) is 0 Å². The van der Waals surface area contributed by atoms with E-state index in [1.807, 2.05) is 0 Å². The van der Waals surface area contributed by atoms with E-state index in [0.29, 0.717) is 6.54 Å². The average molecular weight is 98.1 g/mol. The van der Waals surface area contributed by atoms with Crippen LogP contribution in [-0.4, -0.2) is 19.3 Å². The Morgan fingerprint density at radius 2 is 2.29 bits per heavy atom. The molecule has 0 unspecified atom stereocenters. The van der Waals surface area contributed by atoms with Crippen LogP contribution in [0.4, 0.5) is 0 Å². The minimum Gasteiger partial charge on any atom is -0.312 e. The lowest BCUT2D eigenvalue weighted by Crippen LogP contribution is -2.14. The molecule has 2 nitrogen and oxygen atoms in total. The second kappa shape index (κ2) is 5.37. The van der Waals surface area contributed by atoms with Gasteiger partial charge < -0.3 is 10.7 Å². The minimum atomic E-state index is 0.645. The Balaban J connectivity index is 2.68. The molecule has 0 aromatic heterocycles. The number of hydrogen-bond acceptors (Lipinski definition) is 2. The first-order chi connectivity index (χ1) is 3.41. The third-order valence-corrected chi connectivity index (χ3v) is 0.535. The van der Waals surface area contributed by atoms with Crippen LogP contribution in [-0.2, 0) is 0 Å². The quantitative estimate of drug-likeness (QED) is 0.298. The maximum absolute atomic E-state index is 6.56. The summed E-state index contributed by atoms with van der Waals surface area (Å²) in [6.07, 6.45) is 3.09. The van der Waals surface area contributed by atoms with Gasteiger partial charge in [0.2, 0.25) is 0 Å². The first-order valence-electron chi connectivity index (χ1n) is 2.22. The van der Waals surface area contributed by atoms with Crippen molar-refractivity contribution in [3.05, 3.63) is 12.7 Å². The van der Waals surface area contributed by atoms with Crippen molar-refractivity contribution in [3.8, 4) is 0 Å². The van der Waals surface area contributed by atoms with Crippen LogP contribution < -0.4 is 5.32 Å². The molecule has 0 aromatic rings. The molecule has 2 N–H and O–H groups in total. The van der Waals surface area contributed by atoms with Crippen LogP contribution in [0.5, 0.6) is 0 Å². The maximum Gasteiger partial charge on any atom is 0.0305 e. The maximum atomic E-state index is 6.56.